The quantitative estimate of drug-likeness (QED) is 0.114. The van der Waals surface area contributed by atoms with Gasteiger partial charge in [-0.3, -0.25) is 4.79 Å². The Morgan fingerprint density at radius 3 is 2.52 bits per heavy atom. The van der Waals surface area contributed by atoms with E-state index in [-0.39, 0.29) is 48.0 Å². The molecule has 5 aromatic rings. The van der Waals surface area contributed by atoms with Gasteiger partial charge in [-0.15, -0.1) is 16.0 Å². The fraction of sp³-hybridized carbons (Fsp3) is 0.286. The molecule has 0 bridgehead atoms. The molecule has 5 rings (SSSR count). The van der Waals surface area contributed by atoms with Gasteiger partial charge in [0.1, 0.15) is 29.5 Å². The number of esters is 1. The molecule has 0 saturated heterocycles. The average Bonchev–Trinajstić information content (AvgIpc) is 3.68. The minimum Gasteiger partial charge on any atom is -1.00 e. The van der Waals surface area contributed by atoms with Gasteiger partial charge in [0.05, 0.1) is 35.3 Å². The third-order valence-electron chi connectivity index (χ3n) is 8.04. The van der Waals surface area contributed by atoms with Gasteiger partial charge in [-0.25, -0.2) is 18.3 Å². The summed E-state index contributed by atoms with van der Waals surface area (Å²) in [5, 5.41) is 28.4. The molecule has 0 aliphatic carbocycles. The number of hydrogen-bond acceptors (Lipinski definition) is 8. The standard InChI is InChI=1S/C35H35F2N6O3S.BrH/c1-22-12-26(13-23(2)34(22)46-33(44)10-11-38)17-42-20-40-43(21-42)19-35(45,29-9-8-28(36)15-30(29)37)24(3)14-32-41-31(18-47-32)27-6-4-25(16-39)5-7-27;/h4-9,12-13,15,18,20-21,24,45H,10-11,14,17,19,38H2,1-3H3;1H/q+1;/p-1/t24-,35-;/m1./s1. The number of hydrogen-bond donors (Lipinski definition) is 2. The number of halogens is 3. The van der Waals surface area contributed by atoms with Crippen molar-refractivity contribution < 1.29 is 45.0 Å². The molecule has 48 heavy (non-hydrogen) atoms. The molecule has 3 aromatic carbocycles. The molecular weight excluding hydrogens is 702 g/mol. The first-order chi connectivity index (χ1) is 22.5. The zero-order valence-corrected chi connectivity index (χ0v) is 29.1. The maximum absolute atomic E-state index is 15.2. The molecular formula is C35H35BrF2N6O3S. The first-order valence-corrected chi connectivity index (χ1v) is 15.9. The first-order valence-electron chi connectivity index (χ1n) is 15.0. The van der Waals surface area contributed by atoms with Crippen LogP contribution in [0.25, 0.3) is 11.3 Å². The Kier molecular flexibility index (Phi) is 11.9. The largest absolute Gasteiger partial charge is 1.00 e. The Bertz CT molecular complexity index is 1920. The summed E-state index contributed by atoms with van der Waals surface area (Å²) in [4.78, 5) is 16.7. The van der Waals surface area contributed by atoms with E-state index < -0.39 is 23.2 Å². The summed E-state index contributed by atoms with van der Waals surface area (Å²) in [7, 11) is 0. The summed E-state index contributed by atoms with van der Waals surface area (Å²) >= 11 is 1.42. The van der Waals surface area contributed by atoms with Crippen molar-refractivity contribution in [3.63, 3.8) is 0 Å². The van der Waals surface area contributed by atoms with Gasteiger partial charge < -0.3 is 32.6 Å². The van der Waals surface area contributed by atoms with Crippen molar-refractivity contribution in [3.8, 4) is 23.1 Å². The second kappa shape index (κ2) is 15.7. The van der Waals surface area contributed by atoms with Crippen molar-refractivity contribution in [1.29, 1.82) is 5.26 Å². The van der Waals surface area contributed by atoms with E-state index in [4.69, 9.17) is 20.7 Å². The lowest BCUT2D eigenvalue weighted by molar-refractivity contribution is -0.689. The van der Waals surface area contributed by atoms with Gasteiger partial charge in [-0.05, 0) is 66.8 Å². The van der Waals surface area contributed by atoms with E-state index in [9.17, 15) is 14.3 Å². The zero-order chi connectivity index (χ0) is 33.7. The second-order valence-electron chi connectivity index (χ2n) is 11.7. The Balaban J connectivity index is 0.00000520. The molecule has 9 nitrogen and oxygen atoms in total. The SMILES string of the molecule is Cc1cc(C[n+]2cnn(C[C@](O)(c3ccc(F)cc3F)[C@H](C)Cc3nc(-c4ccc(C#N)cc4)cs3)c2)cc(C)c1OC(=O)CCN.[Br-]. The highest BCUT2D eigenvalue weighted by Gasteiger charge is 2.41. The van der Waals surface area contributed by atoms with E-state index >= 15 is 4.39 Å². The smallest absolute Gasteiger partial charge is 0.312 e. The van der Waals surface area contributed by atoms with E-state index in [1.165, 1.54) is 22.1 Å². The highest BCUT2D eigenvalue weighted by Crippen LogP contribution is 2.36. The lowest BCUT2D eigenvalue weighted by Gasteiger charge is -2.32. The predicted molar refractivity (Wildman–Crippen MR) is 172 cm³/mol. The monoisotopic (exact) mass is 736 g/mol. The number of aliphatic hydroxyl groups is 1. The molecule has 0 radical (unpaired) electrons. The van der Waals surface area contributed by atoms with E-state index in [1.807, 2.05) is 48.1 Å². The van der Waals surface area contributed by atoms with Crippen LogP contribution in [0.5, 0.6) is 5.75 Å². The van der Waals surface area contributed by atoms with Crippen molar-refractivity contribution in [3.05, 3.63) is 117 Å². The van der Waals surface area contributed by atoms with Crippen LogP contribution >= 0.6 is 11.3 Å². The molecule has 0 saturated carbocycles. The van der Waals surface area contributed by atoms with Crippen LogP contribution in [0.4, 0.5) is 8.78 Å². The molecule has 13 heteroatoms. The zero-order valence-electron chi connectivity index (χ0n) is 26.7. The molecule has 0 aliphatic rings. The number of carbonyl (C=O) groups is 1. The second-order valence-corrected chi connectivity index (χ2v) is 12.6. The maximum Gasteiger partial charge on any atom is 0.312 e. The molecule has 2 aromatic heterocycles. The van der Waals surface area contributed by atoms with Gasteiger partial charge in [-0.1, -0.05) is 25.1 Å². The molecule has 2 atom stereocenters. The summed E-state index contributed by atoms with van der Waals surface area (Å²) in [5.41, 5.74) is 8.34. The van der Waals surface area contributed by atoms with Gasteiger partial charge in [0.25, 0.3) is 6.33 Å². The van der Waals surface area contributed by atoms with Crippen LogP contribution in [0.2, 0.25) is 0 Å². The first kappa shape index (κ1) is 36.5. The van der Waals surface area contributed by atoms with Gasteiger partial charge in [-0.2, -0.15) is 5.26 Å². The summed E-state index contributed by atoms with van der Waals surface area (Å²) in [6.07, 6.45) is 3.77. The number of carbonyl (C=O) groups excluding carboxylic acids is 1. The Hall–Kier alpha value is -4.35. The maximum atomic E-state index is 15.2. The molecule has 2 heterocycles. The fourth-order valence-electron chi connectivity index (χ4n) is 5.59. The summed E-state index contributed by atoms with van der Waals surface area (Å²) in [6, 6.07) is 16.2. The average molecular weight is 738 g/mol. The third kappa shape index (κ3) is 8.38. The van der Waals surface area contributed by atoms with Crippen molar-refractivity contribution in [2.45, 2.75) is 52.3 Å². The van der Waals surface area contributed by atoms with Crippen molar-refractivity contribution in [2.75, 3.05) is 6.54 Å². The van der Waals surface area contributed by atoms with Gasteiger partial charge in [0.15, 0.2) is 0 Å². The summed E-state index contributed by atoms with van der Waals surface area (Å²) < 4.78 is 38.0. The predicted octanol–water partition coefficient (Wildman–Crippen LogP) is 2.13. The third-order valence-corrected chi connectivity index (χ3v) is 8.91. The molecule has 0 aliphatic heterocycles. The van der Waals surface area contributed by atoms with Gasteiger partial charge in [0.2, 0.25) is 6.33 Å². The molecule has 250 valence electrons. The normalized spacial score (nSPS) is 12.9. The van der Waals surface area contributed by atoms with Crippen molar-refractivity contribution >= 4 is 17.3 Å². The number of aromatic nitrogens is 4. The number of nitrogens with zero attached hydrogens (tertiary/aromatic N) is 5. The molecule has 0 fully saturated rings. The van der Waals surface area contributed by atoms with Crippen LogP contribution in [0.15, 0.2) is 72.6 Å². The Labute approximate surface area is 292 Å². The molecule has 0 amide bonds. The Morgan fingerprint density at radius 2 is 1.88 bits per heavy atom. The molecule has 3 N–H and O–H groups in total. The highest BCUT2D eigenvalue weighted by molar-refractivity contribution is 7.09. The van der Waals surface area contributed by atoms with Crippen molar-refractivity contribution in [1.82, 2.24) is 14.8 Å². The van der Waals surface area contributed by atoms with Crippen LogP contribution < -0.4 is 32.0 Å². The lowest BCUT2D eigenvalue weighted by atomic mass is 9.80. The van der Waals surface area contributed by atoms with Crippen LogP contribution in [0, 0.1) is 42.7 Å². The van der Waals surface area contributed by atoms with E-state index in [2.05, 4.69) is 11.2 Å². The van der Waals surface area contributed by atoms with E-state index in [1.54, 1.807) is 31.7 Å². The minimum absolute atomic E-state index is 0. The van der Waals surface area contributed by atoms with Crippen LogP contribution in [0.3, 0.4) is 0 Å². The number of nitriles is 1. The van der Waals surface area contributed by atoms with Gasteiger partial charge >= 0.3 is 5.97 Å². The minimum atomic E-state index is -1.77. The number of ether oxygens (including phenoxy) is 1. The number of aryl methyl sites for hydroxylation is 2. The van der Waals surface area contributed by atoms with Gasteiger partial charge in [0, 0.05) is 40.6 Å². The summed E-state index contributed by atoms with van der Waals surface area (Å²) in [6.45, 7) is 6.08. The van der Waals surface area contributed by atoms with Crippen LogP contribution in [-0.2, 0) is 29.9 Å². The number of nitrogens with two attached hydrogens (primary N) is 1. The topological polar surface area (TPSA) is 131 Å². The summed E-state index contributed by atoms with van der Waals surface area (Å²) in [5.74, 6) is -2.02. The fourth-order valence-corrected chi connectivity index (χ4v) is 6.52. The molecule has 0 unspecified atom stereocenters. The van der Waals surface area contributed by atoms with Crippen LogP contribution in [0.1, 0.15) is 46.2 Å². The van der Waals surface area contributed by atoms with Crippen LogP contribution in [-0.4, -0.2) is 32.4 Å². The highest BCUT2D eigenvalue weighted by atomic mass is 79.9. The number of benzene rings is 3. The number of rotatable bonds is 12. The van der Waals surface area contributed by atoms with E-state index in [0.717, 1.165) is 45.1 Å². The van der Waals surface area contributed by atoms with Crippen molar-refractivity contribution in [2.24, 2.45) is 11.7 Å². The number of thiazole rings is 1. The lowest BCUT2D eigenvalue weighted by Crippen LogP contribution is -3.00. The Morgan fingerprint density at radius 1 is 1.17 bits per heavy atom. The molecule has 0 spiro atoms. The van der Waals surface area contributed by atoms with E-state index in [0.29, 0.717) is 24.3 Å².